The first kappa shape index (κ1) is 21.9. The summed E-state index contributed by atoms with van der Waals surface area (Å²) < 4.78 is 40.9. The van der Waals surface area contributed by atoms with Gasteiger partial charge in [0.25, 0.3) is 5.91 Å². The molecule has 0 atom stereocenters. The van der Waals surface area contributed by atoms with Crippen molar-refractivity contribution in [2.24, 2.45) is 5.41 Å². The average molecular weight is 485 g/mol. The number of nitrogens with zero attached hydrogens (tertiary/aromatic N) is 1. The molecule has 0 aliphatic carbocycles. The van der Waals surface area contributed by atoms with Crippen molar-refractivity contribution in [2.75, 3.05) is 25.0 Å². The molecule has 6 nitrogen and oxygen atoms in total. The molecule has 2 N–H and O–H groups in total. The maximum absolute atomic E-state index is 13.3. The molecule has 9 heteroatoms. The summed E-state index contributed by atoms with van der Waals surface area (Å²) in [6.45, 7) is 2.60. The van der Waals surface area contributed by atoms with E-state index in [0.717, 1.165) is 0 Å². The highest BCUT2D eigenvalue weighted by atomic mass is 79.9. The van der Waals surface area contributed by atoms with Crippen molar-refractivity contribution in [1.82, 2.24) is 4.31 Å². The number of aliphatic hydroxyl groups excluding tert-OH is 1. The summed E-state index contributed by atoms with van der Waals surface area (Å²) >= 11 is 3.06. The first-order chi connectivity index (χ1) is 13.6. The zero-order chi connectivity index (χ0) is 21.2. The summed E-state index contributed by atoms with van der Waals surface area (Å²) in [6, 6.07) is 9.90. The van der Waals surface area contributed by atoms with Gasteiger partial charge in [0.1, 0.15) is 5.82 Å². The smallest absolute Gasteiger partial charge is 0.255 e. The number of aliphatic hydroxyl groups is 1. The van der Waals surface area contributed by atoms with Crippen LogP contribution in [0.3, 0.4) is 0 Å². The van der Waals surface area contributed by atoms with Gasteiger partial charge in [-0.15, -0.1) is 0 Å². The fourth-order valence-corrected chi connectivity index (χ4v) is 5.02. The second kappa shape index (κ2) is 8.51. The van der Waals surface area contributed by atoms with Gasteiger partial charge in [-0.2, -0.15) is 4.31 Å². The highest BCUT2D eigenvalue weighted by Crippen LogP contribution is 2.32. The van der Waals surface area contributed by atoms with Crippen molar-refractivity contribution >= 4 is 37.5 Å². The Morgan fingerprint density at radius 3 is 2.55 bits per heavy atom. The average Bonchev–Trinajstić information content (AvgIpc) is 2.71. The molecule has 2 aromatic carbocycles. The van der Waals surface area contributed by atoms with Crippen molar-refractivity contribution in [2.45, 2.75) is 24.7 Å². The standard InChI is InChI=1S/C20H22BrFN2O4S/c1-20(13-25)7-9-24(10-8-20)29(27,28)16-4-2-3-14(11-16)19(26)23-15-5-6-18(22)17(21)12-15/h2-6,11-12,25H,7-10,13H2,1H3,(H,23,26). The van der Waals surface area contributed by atoms with Gasteiger partial charge in [-0.1, -0.05) is 13.0 Å². The van der Waals surface area contributed by atoms with Gasteiger partial charge >= 0.3 is 0 Å². The van der Waals surface area contributed by atoms with Crippen LogP contribution in [0, 0.1) is 11.2 Å². The molecular formula is C20H22BrFN2O4S. The third kappa shape index (κ3) is 4.85. The summed E-state index contributed by atoms with van der Waals surface area (Å²) in [6.07, 6.45) is 1.14. The van der Waals surface area contributed by atoms with E-state index in [0.29, 0.717) is 31.6 Å². The molecule has 0 unspecified atom stereocenters. The lowest BCUT2D eigenvalue weighted by Crippen LogP contribution is -2.43. The molecule has 29 heavy (non-hydrogen) atoms. The Balaban J connectivity index is 1.78. The zero-order valence-electron chi connectivity index (χ0n) is 15.9. The Kier molecular flexibility index (Phi) is 6.42. The molecule has 2 aromatic rings. The minimum atomic E-state index is -3.75. The van der Waals surface area contributed by atoms with Crippen molar-refractivity contribution in [3.63, 3.8) is 0 Å². The highest BCUT2D eigenvalue weighted by molar-refractivity contribution is 9.10. The lowest BCUT2D eigenvalue weighted by Gasteiger charge is -2.37. The summed E-state index contributed by atoms with van der Waals surface area (Å²) in [5.74, 6) is -0.943. The monoisotopic (exact) mass is 484 g/mol. The molecule has 1 amide bonds. The summed E-state index contributed by atoms with van der Waals surface area (Å²) in [7, 11) is -3.75. The molecule has 3 rings (SSSR count). The van der Waals surface area contributed by atoms with Crippen LogP contribution in [0.25, 0.3) is 0 Å². The van der Waals surface area contributed by atoms with Crippen molar-refractivity contribution in [3.05, 3.63) is 58.3 Å². The van der Waals surface area contributed by atoms with Crippen LogP contribution in [0.4, 0.5) is 10.1 Å². The molecule has 0 saturated carbocycles. The van der Waals surface area contributed by atoms with E-state index >= 15 is 0 Å². The van der Waals surface area contributed by atoms with E-state index in [1.165, 1.54) is 46.8 Å². The van der Waals surface area contributed by atoms with E-state index in [1.807, 2.05) is 6.92 Å². The quantitative estimate of drug-likeness (QED) is 0.678. The molecule has 1 heterocycles. The Labute approximate surface area is 177 Å². The lowest BCUT2D eigenvalue weighted by atomic mass is 9.82. The summed E-state index contributed by atoms with van der Waals surface area (Å²) in [4.78, 5) is 12.6. The molecule has 0 spiro atoms. The maximum atomic E-state index is 13.3. The SMILES string of the molecule is CC1(CO)CCN(S(=O)(=O)c2cccc(C(=O)Nc3ccc(F)c(Br)c3)c2)CC1. The molecule has 0 radical (unpaired) electrons. The molecule has 1 saturated heterocycles. The van der Waals surface area contributed by atoms with Gasteiger partial charge in [0.05, 0.1) is 9.37 Å². The number of nitrogens with one attached hydrogen (secondary N) is 1. The van der Waals surface area contributed by atoms with Crippen LogP contribution in [0.2, 0.25) is 0 Å². The van der Waals surface area contributed by atoms with E-state index in [2.05, 4.69) is 21.2 Å². The van der Waals surface area contributed by atoms with Gasteiger partial charge < -0.3 is 10.4 Å². The predicted molar refractivity (Wildman–Crippen MR) is 112 cm³/mol. The van der Waals surface area contributed by atoms with Gasteiger partial charge in [-0.3, -0.25) is 4.79 Å². The number of hydrogen-bond donors (Lipinski definition) is 2. The highest BCUT2D eigenvalue weighted by Gasteiger charge is 2.35. The normalized spacial score (nSPS) is 17.1. The van der Waals surface area contributed by atoms with Crippen LogP contribution >= 0.6 is 15.9 Å². The molecule has 156 valence electrons. The number of sulfonamides is 1. The van der Waals surface area contributed by atoms with E-state index < -0.39 is 21.7 Å². The second-order valence-electron chi connectivity index (χ2n) is 7.48. The maximum Gasteiger partial charge on any atom is 0.255 e. The third-order valence-corrected chi connectivity index (χ3v) is 7.73. The van der Waals surface area contributed by atoms with Gasteiger partial charge in [-0.05, 0) is 70.6 Å². The molecular weight excluding hydrogens is 463 g/mol. The minimum absolute atomic E-state index is 0.0239. The minimum Gasteiger partial charge on any atom is -0.396 e. The van der Waals surface area contributed by atoms with E-state index in [-0.39, 0.29) is 27.0 Å². The van der Waals surface area contributed by atoms with E-state index in [9.17, 15) is 22.7 Å². The second-order valence-corrected chi connectivity index (χ2v) is 10.3. The van der Waals surface area contributed by atoms with E-state index in [1.54, 1.807) is 0 Å². The van der Waals surface area contributed by atoms with Gasteiger partial charge in [0, 0.05) is 30.9 Å². The first-order valence-electron chi connectivity index (χ1n) is 9.12. The molecule has 1 fully saturated rings. The summed E-state index contributed by atoms with van der Waals surface area (Å²) in [5.41, 5.74) is 0.302. The zero-order valence-corrected chi connectivity index (χ0v) is 18.3. The third-order valence-electron chi connectivity index (χ3n) is 5.22. The number of piperidine rings is 1. The van der Waals surface area contributed by atoms with Crippen LogP contribution in [-0.4, -0.2) is 43.4 Å². The fraction of sp³-hybridized carbons (Fsp3) is 0.350. The number of carbonyl (C=O) groups is 1. The summed E-state index contributed by atoms with van der Waals surface area (Å²) in [5, 5.41) is 12.1. The molecule has 0 bridgehead atoms. The predicted octanol–water partition coefficient (Wildman–Crippen LogP) is 3.62. The number of carbonyl (C=O) groups excluding carboxylic acids is 1. The molecule has 1 aliphatic heterocycles. The van der Waals surface area contributed by atoms with Crippen LogP contribution in [0.1, 0.15) is 30.1 Å². The Hall–Kier alpha value is -1.81. The van der Waals surface area contributed by atoms with E-state index in [4.69, 9.17) is 0 Å². The largest absolute Gasteiger partial charge is 0.396 e. The number of halogens is 2. The topological polar surface area (TPSA) is 86.7 Å². The van der Waals surface area contributed by atoms with Crippen molar-refractivity contribution < 1.29 is 22.7 Å². The first-order valence-corrected chi connectivity index (χ1v) is 11.4. The van der Waals surface area contributed by atoms with Crippen molar-refractivity contribution in [1.29, 1.82) is 0 Å². The Bertz CT molecular complexity index is 1020. The lowest BCUT2D eigenvalue weighted by molar-refractivity contribution is 0.0853. The molecule has 0 aromatic heterocycles. The number of anilines is 1. The Morgan fingerprint density at radius 1 is 1.24 bits per heavy atom. The van der Waals surface area contributed by atoms with Crippen LogP contribution < -0.4 is 5.32 Å². The number of rotatable bonds is 5. The number of benzene rings is 2. The van der Waals surface area contributed by atoms with Crippen molar-refractivity contribution in [3.8, 4) is 0 Å². The fourth-order valence-electron chi connectivity index (χ4n) is 3.15. The number of hydrogen-bond acceptors (Lipinski definition) is 4. The van der Waals surface area contributed by atoms with Gasteiger partial charge in [0.2, 0.25) is 10.0 Å². The van der Waals surface area contributed by atoms with Crippen LogP contribution in [-0.2, 0) is 10.0 Å². The van der Waals surface area contributed by atoms with Crippen LogP contribution in [0.5, 0.6) is 0 Å². The number of amides is 1. The Morgan fingerprint density at radius 2 is 1.93 bits per heavy atom. The van der Waals surface area contributed by atoms with Gasteiger partial charge in [-0.25, -0.2) is 12.8 Å². The van der Waals surface area contributed by atoms with Gasteiger partial charge in [0.15, 0.2) is 0 Å². The molecule has 1 aliphatic rings. The van der Waals surface area contributed by atoms with Crippen LogP contribution in [0.15, 0.2) is 51.8 Å².